The summed E-state index contributed by atoms with van der Waals surface area (Å²) in [5.41, 5.74) is 1.75. The highest BCUT2D eigenvalue weighted by molar-refractivity contribution is 7.99. The van der Waals surface area contributed by atoms with Crippen LogP contribution in [0.1, 0.15) is 35.8 Å². The van der Waals surface area contributed by atoms with Crippen molar-refractivity contribution in [3.8, 4) is 17.7 Å². The topological polar surface area (TPSA) is 96.7 Å². The second-order valence-electron chi connectivity index (χ2n) is 7.36. The maximum absolute atomic E-state index is 12.7. The van der Waals surface area contributed by atoms with Crippen LogP contribution in [0.3, 0.4) is 0 Å². The van der Waals surface area contributed by atoms with E-state index < -0.39 is 0 Å². The highest BCUT2D eigenvalue weighted by atomic mass is 32.2. The molecule has 0 saturated heterocycles. The largest absolute Gasteiger partial charge is 0.461 e. The van der Waals surface area contributed by atoms with Crippen molar-refractivity contribution in [3.63, 3.8) is 0 Å². The van der Waals surface area contributed by atoms with E-state index >= 15 is 0 Å². The van der Waals surface area contributed by atoms with Crippen LogP contribution in [0.2, 0.25) is 0 Å². The van der Waals surface area contributed by atoms with Crippen LogP contribution in [0.4, 0.5) is 5.00 Å². The average Bonchev–Trinajstić information content (AvgIpc) is 3.50. The Kier molecular flexibility index (Phi) is 6.59. The highest BCUT2D eigenvalue weighted by Crippen LogP contribution is 2.40. The molecule has 0 aromatic carbocycles. The number of aromatic nitrogens is 3. The molecule has 3 aromatic heterocycles. The van der Waals surface area contributed by atoms with Crippen LogP contribution in [0.5, 0.6) is 0 Å². The van der Waals surface area contributed by atoms with Crippen LogP contribution in [0.25, 0.3) is 11.6 Å². The number of rotatable bonds is 8. The number of allylic oxidation sites excluding steroid dienone is 1. The third-order valence-electron chi connectivity index (χ3n) is 5.41. The number of fused-ring (bicyclic) bond motifs is 1. The van der Waals surface area contributed by atoms with Crippen molar-refractivity contribution < 1.29 is 9.21 Å². The molecule has 1 N–H and O–H groups in total. The highest BCUT2D eigenvalue weighted by Gasteiger charge is 2.26. The van der Waals surface area contributed by atoms with Crippen LogP contribution in [0.15, 0.2) is 40.6 Å². The fourth-order valence-electron chi connectivity index (χ4n) is 3.78. The first-order valence-corrected chi connectivity index (χ1v) is 12.0. The summed E-state index contributed by atoms with van der Waals surface area (Å²) in [7, 11) is 0. The molecular weight excluding hydrogens is 430 g/mol. The molecule has 9 heteroatoms. The fraction of sp³-hybridized carbons (Fsp3) is 0.364. The Morgan fingerprint density at radius 1 is 1.55 bits per heavy atom. The van der Waals surface area contributed by atoms with Gasteiger partial charge in [-0.15, -0.1) is 28.1 Å². The van der Waals surface area contributed by atoms with E-state index in [1.54, 1.807) is 29.7 Å². The van der Waals surface area contributed by atoms with Crippen molar-refractivity contribution in [2.24, 2.45) is 5.92 Å². The predicted octanol–water partition coefficient (Wildman–Crippen LogP) is 4.90. The van der Waals surface area contributed by atoms with E-state index in [1.165, 1.54) is 16.6 Å². The lowest BCUT2D eigenvalue weighted by atomic mass is 9.86. The normalized spacial score (nSPS) is 15.3. The molecular formula is C22H23N5O2S2. The Labute approximate surface area is 189 Å². The van der Waals surface area contributed by atoms with Gasteiger partial charge in [0.2, 0.25) is 11.7 Å². The quantitative estimate of drug-likeness (QED) is 0.385. The monoisotopic (exact) mass is 453 g/mol. The number of nitrogens with zero attached hydrogens (tertiary/aromatic N) is 4. The molecule has 1 atom stereocenters. The minimum Gasteiger partial charge on any atom is -0.461 e. The lowest BCUT2D eigenvalue weighted by Gasteiger charge is -2.20. The summed E-state index contributed by atoms with van der Waals surface area (Å²) < 4.78 is 7.29. The molecule has 1 amide bonds. The third kappa shape index (κ3) is 4.45. The Bertz CT molecular complexity index is 1120. The number of carbonyl (C=O) groups excluding carboxylic acids is 1. The van der Waals surface area contributed by atoms with Crippen molar-refractivity contribution in [1.29, 1.82) is 5.26 Å². The maximum Gasteiger partial charge on any atom is 0.235 e. The molecule has 0 radical (unpaired) electrons. The van der Waals surface area contributed by atoms with E-state index in [-0.39, 0.29) is 11.7 Å². The average molecular weight is 454 g/mol. The molecule has 160 valence electrons. The Morgan fingerprint density at radius 2 is 2.42 bits per heavy atom. The van der Waals surface area contributed by atoms with E-state index in [2.05, 4.69) is 35.1 Å². The molecule has 0 bridgehead atoms. The van der Waals surface area contributed by atoms with Gasteiger partial charge in [-0.3, -0.25) is 9.36 Å². The van der Waals surface area contributed by atoms with Crippen LogP contribution < -0.4 is 5.32 Å². The zero-order chi connectivity index (χ0) is 21.8. The number of carbonyl (C=O) groups is 1. The van der Waals surface area contributed by atoms with Crippen LogP contribution >= 0.6 is 23.1 Å². The standard InChI is InChI=1S/C22H23N5O2S2/c1-3-9-27-20(17-6-5-10-29-17)25-26-22(27)30-13-19(28)24-21-16(12-23)15-8-7-14(4-2)11-18(15)31-21/h3,5-6,10,14H,1,4,7-9,11,13H2,2H3,(H,24,28). The molecule has 1 unspecified atom stereocenters. The molecule has 3 aromatic rings. The number of furan rings is 1. The molecule has 7 nitrogen and oxygen atoms in total. The number of thiophene rings is 1. The number of nitriles is 1. The Balaban J connectivity index is 1.46. The number of nitrogens with one attached hydrogen (secondary N) is 1. The minimum absolute atomic E-state index is 0.165. The van der Waals surface area contributed by atoms with Gasteiger partial charge in [-0.25, -0.2) is 0 Å². The molecule has 1 aliphatic rings. The number of hydrogen-bond acceptors (Lipinski definition) is 7. The lowest BCUT2D eigenvalue weighted by Crippen LogP contribution is -2.15. The van der Waals surface area contributed by atoms with Gasteiger partial charge in [0.05, 0.1) is 17.6 Å². The first kappa shape index (κ1) is 21.4. The van der Waals surface area contributed by atoms with Crippen molar-refractivity contribution in [2.75, 3.05) is 11.1 Å². The SMILES string of the molecule is C=CCn1c(SCC(=O)Nc2sc3c(c2C#N)CCC(CC)C3)nnc1-c1ccco1. The fourth-order valence-corrected chi connectivity index (χ4v) is 5.86. The van der Waals surface area contributed by atoms with E-state index in [0.29, 0.717) is 39.8 Å². The first-order valence-electron chi connectivity index (χ1n) is 10.2. The maximum atomic E-state index is 12.7. The first-order chi connectivity index (χ1) is 15.1. The van der Waals surface area contributed by atoms with E-state index in [1.807, 2.05) is 10.6 Å². The minimum atomic E-state index is -0.167. The van der Waals surface area contributed by atoms with Crippen molar-refractivity contribution in [3.05, 3.63) is 47.1 Å². The van der Waals surface area contributed by atoms with Crippen molar-refractivity contribution in [1.82, 2.24) is 14.8 Å². The summed E-state index contributed by atoms with van der Waals surface area (Å²) >= 11 is 2.84. The summed E-state index contributed by atoms with van der Waals surface area (Å²) in [6.07, 6.45) is 7.49. The second kappa shape index (κ2) is 9.54. The van der Waals surface area contributed by atoms with Gasteiger partial charge in [0.15, 0.2) is 10.9 Å². The van der Waals surface area contributed by atoms with Crippen LogP contribution in [-0.4, -0.2) is 26.4 Å². The van der Waals surface area contributed by atoms with Gasteiger partial charge in [0.25, 0.3) is 0 Å². The molecule has 0 saturated carbocycles. The zero-order valence-corrected chi connectivity index (χ0v) is 18.9. The zero-order valence-electron chi connectivity index (χ0n) is 17.3. The van der Waals surface area contributed by atoms with Gasteiger partial charge in [0.1, 0.15) is 11.1 Å². The molecule has 0 fully saturated rings. The molecule has 1 aliphatic carbocycles. The molecule has 31 heavy (non-hydrogen) atoms. The molecule has 3 heterocycles. The van der Waals surface area contributed by atoms with Gasteiger partial charge in [0, 0.05) is 11.4 Å². The number of hydrogen-bond donors (Lipinski definition) is 1. The summed E-state index contributed by atoms with van der Waals surface area (Å²) in [4.78, 5) is 13.9. The number of amides is 1. The predicted molar refractivity (Wildman–Crippen MR) is 122 cm³/mol. The Morgan fingerprint density at radius 3 is 3.13 bits per heavy atom. The summed E-state index contributed by atoms with van der Waals surface area (Å²) in [5.74, 6) is 1.87. The number of thioether (sulfide) groups is 1. The van der Waals surface area contributed by atoms with Gasteiger partial charge >= 0.3 is 0 Å². The van der Waals surface area contributed by atoms with E-state index in [9.17, 15) is 10.1 Å². The summed E-state index contributed by atoms with van der Waals surface area (Å²) in [6, 6.07) is 5.91. The second-order valence-corrected chi connectivity index (χ2v) is 9.40. The summed E-state index contributed by atoms with van der Waals surface area (Å²) in [6.45, 7) is 6.49. The van der Waals surface area contributed by atoms with Crippen molar-refractivity contribution >= 4 is 34.0 Å². The van der Waals surface area contributed by atoms with Gasteiger partial charge in [-0.1, -0.05) is 31.2 Å². The number of anilines is 1. The van der Waals surface area contributed by atoms with E-state index in [4.69, 9.17) is 4.42 Å². The van der Waals surface area contributed by atoms with Crippen molar-refractivity contribution in [2.45, 2.75) is 44.3 Å². The van der Waals surface area contributed by atoms with E-state index in [0.717, 1.165) is 31.2 Å². The molecule has 0 aliphatic heterocycles. The van der Waals surface area contributed by atoms with Gasteiger partial charge in [-0.2, -0.15) is 5.26 Å². The molecule has 0 spiro atoms. The van der Waals surface area contributed by atoms with Crippen LogP contribution in [-0.2, 0) is 24.2 Å². The third-order valence-corrected chi connectivity index (χ3v) is 7.55. The van der Waals surface area contributed by atoms with Gasteiger partial charge in [-0.05, 0) is 42.9 Å². The summed E-state index contributed by atoms with van der Waals surface area (Å²) in [5, 5.41) is 22.3. The Hall–Kier alpha value is -2.83. The van der Waals surface area contributed by atoms with Crippen LogP contribution in [0, 0.1) is 17.2 Å². The lowest BCUT2D eigenvalue weighted by molar-refractivity contribution is -0.113. The van der Waals surface area contributed by atoms with Gasteiger partial charge < -0.3 is 9.73 Å². The smallest absolute Gasteiger partial charge is 0.235 e. The molecule has 4 rings (SSSR count).